The molecule has 0 bridgehead atoms. The number of benzene rings is 1. The topological polar surface area (TPSA) is 55.6 Å². The Kier molecular flexibility index (Phi) is 4.04. The maximum Gasteiger partial charge on any atom is 0.419 e. The molecule has 0 spiro atoms. The van der Waals surface area contributed by atoms with E-state index in [4.69, 9.17) is 4.74 Å². The van der Waals surface area contributed by atoms with Crippen LogP contribution in [0.25, 0.3) is 0 Å². The lowest BCUT2D eigenvalue weighted by atomic mass is 10.1. The monoisotopic (exact) mass is 308 g/mol. The number of halogens is 4. The Balaban J connectivity index is 2.51. The highest BCUT2D eigenvalue weighted by atomic mass is 19.4. The van der Waals surface area contributed by atoms with Gasteiger partial charge in [0, 0.05) is 24.8 Å². The van der Waals surface area contributed by atoms with E-state index in [9.17, 15) is 27.7 Å². The third-order valence-electron chi connectivity index (χ3n) is 3.15. The van der Waals surface area contributed by atoms with Gasteiger partial charge in [0.25, 0.3) is 0 Å². The van der Waals surface area contributed by atoms with Gasteiger partial charge in [0.05, 0.1) is 17.6 Å². The molecule has 21 heavy (non-hydrogen) atoms. The molecule has 0 unspecified atom stereocenters. The molecule has 0 aliphatic carbocycles. The van der Waals surface area contributed by atoms with E-state index in [-0.39, 0.29) is 31.5 Å². The first kappa shape index (κ1) is 15.5. The average molecular weight is 308 g/mol. The number of rotatable bonds is 2. The van der Waals surface area contributed by atoms with Crippen molar-refractivity contribution in [1.29, 1.82) is 0 Å². The van der Waals surface area contributed by atoms with Crippen LogP contribution >= 0.6 is 0 Å². The zero-order chi connectivity index (χ0) is 15.8. The highest BCUT2D eigenvalue weighted by Crippen LogP contribution is 2.38. The van der Waals surface area contributed by atoms with Crippen LogP contribution in [0.5, 0.6) is 0 Å². The molecule has 2 rings (SSSR count). The Labute approximate surface area is 117 Å². The fourth-order valence-corrected chi connectivity index (χ4v) is 2.17. The SMILES string of the molecule is C[C@@H]1CN(c2cc([N+](=O)[O-])c(F)c(C(F)(F)F)c2)CCO1. The van der Waals surface area contributed by atoms with E-state index in [1.165, 1.54) is 4.90 Å². The number of nitro groups is 1. The van der Waals surface area contributed by atoms with Gasteiger partial charge in [-0.1, -0.05) is 0 Å². The molecule has 0 radical (unpaired) electrons. The summed E-state index contributed by atoms with van der Waals surface area (Å²) in [5, 5.41) is 10.8. The number of nitrogens with zero attached hydrogens (tertiary/aromatic N) is 2. The standard InChI is InChI=1S/C12H12F4N2O3/c1-7-6-17(2-3-21-7)8-4-9(12(14,15)16)11(13)10(5-8)18(19)20/h4-5,7H,2-3,6H2,1H3/t7-/m1/s1. The van der Waals surface area contributed by atoms with E-state index >= 15 is 0 Å². The summed E-state index contributed by atoms with van der Waals surface area (Å²) in [6.45, 7) is 2.58. The van der Waals surface area contributed by atoms with Gasteiger partial charge in [0.1, 0.15) is 5.56 Å². The smallest absolute Gasteiger partial charge is 0.375 e. The molecule has 5 nitrogen and oxygen atoms in total. The van der Waals surface area contributed by atoms with Gasteiger partial charge in [-0.15, -0.1) is 0 Å². The van der Waals surface area contributed by atoms with Gasteiger partial charge < -0.3 is 9.64 Å². The number of ether oxygens (including phenoxy) is 1. The van der Waals surface area contributed by atoms with Crippen LogP contribution in [0.15, 0.2) is 12.1 Å². The molecule has 0 saturated carbocycles. The van der Waals surface area contributed by atoms with Crippen LogP contribution in [0, 0.1) is 15.9 Å². The maximum atomic E-state index is 13.6. The molecular formula is C12H12F4N2O3. The van der Waals surface area contributed by atoms with Crippen molar-refractivity contribution in [3.8, 4) is 0 Å². The molecule has 1 saturated heterocycles. The summed E-state index contributed by atoms with van der Waals surface area (Å²) in [5.41, 5.74) is -2.85. The van der Waals surface area contributed by atoms with Gasteiger partial charge in [-0.05, 0) is 13.0 Å². The van der Waals surface area contributed by atoms with E-state index in [1.54, 1.807) is 6.92 Å². The number of anilines is 1. The summed E-state index contributed by atoms with van der Waals surface area (Å²) in [7, 11) is 0. The predicted octanol–water partition coefficient (Wildman–Crippen LogP) is 2.98. The van der Waals surface area contributed by atoms with E-state index in [1.807, 2.05) is 0 Å². The van der Waals surface area contributed by atoms with Crippen molar-refractivity contribution in [2.75, 3.05) is 24.6 Å². The van der Waals surface area contributed by atoms with E-state index in [0.29, 0.717) is 6.07 Å². The minimum Gasteiger partial charge on any atom is -0.375 e. The van der Waals surface area contributed by atoms with Crippen LogP contribution in [0.3, 0.4) is 0 Å². The van der Waals surface area contributed by atoms with Crippen molar-refractivity contribution in [3.05, 3.63) is 33.6 Å². The number of morpholine rings is 1. The Morgan fingerprint density at radius 1 is 1.43 bits per heavy atom. The fourth-order valence-electron chi connectivity index (χ4n) is 2.17. The molecule has 1 aromatic rings. The van der Waals surface area contributed by atoms with Gasteiger partial charge in [-0.2, -0.15) is 17.6 Å². The summed E-state index contributed by atoms with van der Waals surface area (Å²) in [6, 6.07) is 1.42. The number of alkyl halides is 3. The Bertz CT molecular complexity index is 562. The summed E-state index contributed by atoms with van der Waals surface area (Å²) in [4.78, 5) is 11.1. The summed E-state index contributed by atoms with van der Waals surface area (Å²) in [5.74, 6) is -1.86. The molecule has 1 atom stereocenters. The quantitative estimate of drug-likeness (QED) is 0.479. The zero-order valence-electron chi connectivity index (χ0n) is 11.0. The minimum atomic E-state index is -5.00. The van der Waals surface area contributed by atoms with Gasteiger partial charge in [0.2, 0.25) is 5.82 Å². The lowest BCUT2D eigenvalue weighted by molar-refractivity contribution is -0.387. The minimum absolute atomic E-state index is 0.0365. The van der Waals surface area contributed by atoms with Crippen molar-refractivity contribution in [1.82, 2.24) is 0 Å². The van der Waals surface area contributed by atoms with Gasteiger partial charge in [-0.25, -0.2) is 0 Å². The highest BCUT2D eigenvalue weighted by Gasteiger charge is 2.39. The molecule has 116 valence electrons. The van der Waals surface area contributed by atoms with Crippen LogP contribution in [0.2, 0.25) is 0 Å². The second kappa shape index (κ2) is 5.47. The van der Waals surface area contributed by atoms with Crippen molar-refractivity contribution in [2.45, 2.75) is 19.2 Å². The van der Waals surface area contributed by atoms with Crippen molar-refractivity contribution < 1.29 is 27.2 Å². The third kappa shape index (κ3) is 3.23. The summed E-state index contributed by atoms with van der Waals surface area (Å²) < 4.78 is 57.3. The molecule has 9 heteroatoms. The summed E-state index contributed by atoms with van der Waals surface area (Å²) >= 11 is 0. The predicted molar refractivity (Wildman–Crippen MR) is 65.7 cm³/mol. The van der Waals surface area contributed by atoms with E-state index in [2.05, 4.69) is 0 Å². The third-order valence-corrected chi connectivity index (χ3v) is 3.15. The molecule has 0 N–H and O–H groups in total. The Morgan fingerprint density at radius 3 is 2.62 bits per heavy atom. The first-order valence-corrected chi connectivity index (χ1v) is 6.12. The van der Waals surface area contributed by atoms with Crippen molar-refractivity contribution in [3.63, 3.8) is 0 Å². The van der Waals surface area contributed by atoms with Gasteiger partial charge in [-0.3, -0.25) is 10.1 Å². The van der Waals surface area contributed by atoms with Crippen LogP contribution in [0.4, 0.5) is 28.9 Å². The zero-order valence-corrected chi connectivity index (χ0v) is 11.0. The second-order valence-corrected chi connectivity index (χ2v) is 4.71. The van der Waals surface area contributed by atoms with Crippen LogP contribution in [-0.4, -0.2) is 30.7 Å². The molecule has 1 aromatic carbocycles. The molecule has 0 amide bonds. The molecule has 1 heterocycles. The summed E-state index contributed by atoms with van der Waals surface area (Å²) in [6.07, 6.45) is -5.22. The van der Waals surface area contributed by atoms with E-state index in [0.717, 1.165) is 6.07 Å². The number of hydrogen-bond donors (Lipinski definition) is 0. The molecule has 1 fully saturated rings. The Morgan fingerprint density at radius 2 is 2.10 bits per heavy atom. The molecule has 0 aromatic heterocycles. The molecular weight excluding hydrogens is 296 g/mol. The van der Waals surface area contributed by atoms with Crippen LogP contribution in [0.1, 0.15) is 12.5 Å². The first-order chi connectivity index (χ1) is 9.70. The normalized spacial score (nSPS) is 19.7. The lowest BCUT2D eigenvalue weighted by Crippen LogP contribution is -2.41. The lowest BCUT2D eigenvalue weighted by Gasteiger charge is -2.33. The first-order valence-electron chi connectivity index (χ1n) is 6.12. The van der Waals surface area contributed by atoms with Crippen molar-refractivity contribution >= 4 is 11.4 Å². The Hall–Kier alpha value is -1.90. The van der Waals surface area contributed by atoms with E-state index < -0.39 is 28.2 Å². The van der Waals surface area contributed by atoms with Crippen molar-refractivity contribution in [2.24, 2.45) is 0 Å². The average Bonchev–Trinajstić information content (AvgIpc) is 2.37. The molecule has 1 aliphatic rings. The van der Waals surface area contributed by atoms with Gasteiger partial charge >= 0.3 is 11.9 Å². The maximum absolute atomic E-state index is 13.6. The fraction of sp³-hybridized carbons (Fsp3) is 0.500. The second-order valence-electron chi connectivity index (χ2n) is 4.71. The van der Waals surface area contributed by atoms with Crippen LogP contribution < -0.4 is 4.90 Å². The van der Waals surface area contributed by atoms with Gasteiger partial charge in [0.15, 0.2) is 0 Å². The van der Waals surface area contributed by atoms with Crippen LogP contribution in [-0.2, 0) is 10.9 Å². The number of hydrogen-bond acceptors (Lipinski definition) is 4. The molecule has 1 aliphatic heterocycles. The largest absolute Gasteiger partial charge is 0.419 e. The highest BCUT2D eigenvalue weighted by molar-refractivity contribution is 5.57. The number of nitro benzene ring substituents is 1.